The average molecular weight is 345 g/mol. The van der Waals surface area contributed by atoms with Crippen LogP contribution in [0.5, 0.6) is 0 Å². The summed E-state index contributed by atoms with van der Waals surface area (Å²) < 4.78 is 5.11. The zero-order valence-electron chi connectivity index (χ0n) is 15.1. The van der Waals surface area contributed by atoms with E-state index < -0.39 is 23.7 Å². The van der Waals surface area contributed by atoms with Crippen LogP contribution in [0.4, 0.5) is 4.79 Å². The Labute approximate surface area is 143 Å². The third-order valence-corrected chi connectivity index (χ3v) is 2.94. The van der Waals surface area contributed by atoms with E-state index in [4.69, 9.17) is 15.6 Å². The molecular formula is C16H31N3O5. The van der Waals surface area contributed by atoms with Crippen LogP contribution in [0.15, 0.2) is 0 Å². The molecule has 0 saturated carbocycles. The monoisotopic (exact) mass is 345 g/mol. The van der Waals surface area contributed by atoms with E-state index in [-0.39, 0.29) is 24.8 Å². The predicted molar refractivity (Wildman–Crippen MR) is 90.5 cm³/mol. The summed E-state index contributed by atoms with van der Waals surface area (Å²) in [5.74, 6) is -1.21. The van der Waals surface area contributed by atoms with Crippen molar-refractivity contribution in [3.05, 3.63) is 0 Å². The molecule has 8 nitrogen and oxygen atoms in total. The molecule has 140 valence electrons. The predicted octanol–water partition coefficient (Wildman–Crippen LogP) is 1.38. The summed E-state index contributed by atoms with van der Waals surface area (Å²) in [6.45, 7) is 7.51. The van der Waals surface area contributed by atoms with Crippen molar-refractivity contribution >= 4 is 18.0 Å². The van der Waals surface area contributed by atoms with Gasteiger partial charge in [-0.05, 0) is 47.0 Å². The van der Waals surface area contributed by atoms with Crippen molar-refractivity contribution < 1.29 is 24.2 Å². The van der Waals surface area contributed by atoms with E-state index in [1.165, 1.54) is 0 Å². The lowest BCUT2D eigenvalue weighted by Crippen LogP contribution is -2.39. The van der Waals surface area contributed by atoms with Crippen molar-refractivity contribution in [3.63, 3.8) is 0 Å². The summed E-state index contributed by atoms with van der Waals surface area (Å²) in [4.78, 5) is 34.0. The van der Waals surface area contributed by atoms with Gasteiger partial charge in [-0.3, -0.25) is 9.59 Å². The molecule has 2 atom stereocenters. The van der Waals surface area contributed by atoms with Crippen LogP contribution in [0.25, 0.3) is 0 Å². The summed E-state index contributed by atoms with van der Waals surface area (Å²) in [5.41, 5.74) is 5.01. The van der Waals surface area contributed by atoms with Gasteiger partial charge in [-0.25, -0.2) is 4.79 Å². The molecule has 0 aromatic heterocycles. The minimum Gasteiger partial charge on any atom is -0.481 e. The van der Waals surface area contributed by atoms with Gasteiger partial charge in [0.05, 0.1) is 6.42 Å². The van der Waals surface area contributed by atoms with E-state index in [1.807, 2.05) is 0 Å². The fraction of sp³-hybridized carbons (Fsp3) is 0.812. The van der Waals surface area contributed by atoms with Gasteiger partial charge in [-0.1, -0.05) is 0 Å². The van der Waals surface area contributed by atoms with Gasteiger partial charge in [0, 0.05) is 25.0 Å². The molecule has 0 aliphatic carbocycles. The molecule has 0 aromatic rings. The van der Waals surface area contributed by atoms with E-state index in [0.29, 0.717) is 25.8 Å². The molecule has 0 unspecified atom stereocenters. The summed E-state index contributed by atoms with van der Waals surface area (Å²) in [7, 11) is 0. The quantitative estimate of drug-likeness (QED) is 0.442. The topological polar surface area (TPSA) is 131 Å². The van der Waals surface area contributed by atoms with Crippen molar-refractivity contribution in [2.75, 3.05) is 6.54 Å². The zero-order valence-corrected chi connectivity index (χ0v) is 15.1. The van der Waals surface area contributed by atoms with Crippen LogP contribution >= 0.6 is 0 Å². The lowest BCUT2D eigenvalue weighted by Gasteiger charge is -2.20. The maximum absolute atomic E-state index is 11.7. The minimum absolute atomic E-state index is 0.135. The number of carbonyl (C=O) groups is 3. The molecule has 0 rings (SSSR count). The molecule has 0 saturated heterocycles. The van der Waals surface area contributed by atoms with E-state index >= 15 is 0 Å². The molecule has 0 aliphatic rings. The Morgan fingerprint density at radius 2 is 1.79 bits per heavy atom. The second kappa shape index (κ2) is 10.9. The highest BCUT2D eigenvalue weighted by Crippen LogP contribution is 2.08. The van der Waals surface area contributed by atoms with Gasteiger partial charge in [-0.2, -0.15) is 0 Å². The lowest BCUT2D eigenvalue weighted by atomic mass is 10.1. The maximum atomic E-state index is 11.7. The number of rotatable bonds is 10. The molecule has 24 heavy (non-hydrogen) atoms. The normalized spacial score (nSPS) is 13.7. The van der Waals surface area contributed by atoms with Crippen molar-refractivity contribution in [2.45, 2.75) is 77.5 Å². The number of carboxylic acid groups (broad SMARTS) is 1. The number of carbonyl (C=O) groups excluding carboxylic acids is 2. The van der Waals surface area contributed by atoms with Gasteiger partial charge in [0.25, 0.3) is 0 Å². The first kappa shape index (κ1) is 22.2. The number of unbranched alkanes of at least 4 members (excludes halogenated alkanes) is 1. The maximum Gasteiger partial charge on any atom is 0.407 e. The Kier molecular flexibility index (Phi) is 10.0. The highest BCUT2D eigenvalue weighted by atomic mass is 16.6. The SMILES string of the molecule is C[C@H](N)CC(=O)N[C@@H](CCCCNC(=O)OC(C)(C)C)CC(=O)O. The molecule has 0 spiro atoms. The van der Waals surface area contributed by atoms with E-state index in [2.05, 4.69) is 10.6 Å². The Hall–Kier alpha value is -1.83. The van der Waals surface area contributed by atoms with Crippen LogP contribution < -0.4 is 16.4 Å². The van der Waals surface area contributed by atoms with Gasteiger partial charge in [0.1, 0.15) is 5.60 Å². The second-order valence-corrected chi connectivity index (χ2v) is 6.97. The molecule has 0 heterocycles. The van der Waals surface area contributed by atoms with Crippen LogP contribution in [0.3, 0.4) is 0 Å². The Balaban J connectivity index is 4.08. The van der Waals surface area contributed by atoms with Gasteiger partial charge in [0.15, 0.2) is 0 Å². The van der Waals surface area contributed by atoms with Crippen LogP contribution in [0.1, 0.15) is 59.8 Å². The van der Waals surface area contributed by atoms with Crippen LogP contribution in [-0.2, 0) is 14.3 Å². The van der Waals surface area contributed by atoms with Crippen molar-refractivity contribution in [1.82, 2.24) is 10.6 Å². The third kappa shape index (κ3) is 13.8. The van der Waals surface area contributed by atoms with Crippen LogP contribution in [-0.4, -0.2) is 47.3 Å². The highest BCUT2D eigenvalue weighted by Gasteiger charge is 2.17. The first-order valence-corrected chi connectivity index (χ1v) is 8.23. The van der Waals surface area contributed by atoms with E-state index in [1.54, 1.807) is 27.7 Å². The Morgan fingerprint density at radius 3 is 2.29 bits per heavy atom. The summed E-state index contributed by atoms with van der Waals surface area (Å²) >= 11 is 0. The average Bonchev–Trinajstić information content (AvgIpc) is 2.33. The molecule has 2 amide bonds. The summed E-state index contributed by atoms with van der Waals surface area (Å²) in [5, 5.41) is 14.3. The molecule has 8 heteroatoms. The third-order valence-electron chi connectivity index (χ3n) is 2.94. The summed E-state index contributed by atoms with van der Waals surface area (Å²) in [6, 6.07) is -0.705. The zero-order chi connectivity index (χ0) is 18.8. The van der Waals surface area contributed by atoms with E-state index in [9.17, 15) is 14.4 Å². The first-order chi connectivity index (χ1) is 11.0. The number of ether oxygens (including phenoxy) is 1. The van der Waals surface area contributed by atoms with Gasteiger partial charge < -0.3 is 26.2 Å². The largest absolute Gasteiger partial charge is 0.481 e. The lowest BCUT2D eigenvalue weighted by molar-refractivity contribution is -0.137. The van der Waals surface area contributed by atoms with Gasteiger partial charge >= 0.3 is 12.1 Å². The van der Waals surface area contributed by atoms with E-state index in [0.717, 1.165) is 0 Å². The molecule has 0 radical (unpaired) electrons. The Morgan fingerprint density at radius 1 is 1.17 bits per heavy atom. The number of carboxylic acids is 1. The minimum atomic E-state index is -0.965. The second-order valence-electron chi connectivity index (χ2n) is 6.97. The van der Waals surface area contributed by atoms with Gasteiger partial charge in [-0.15, -0.1) is 0 Å². The number of nitrogens with one attached hydrogen (secondary N) is 2. The smallest absolute Gasteiger partial charge is 0.407 e. The number of amides is 2. The van der Waals surface area contributed by atoms with Crippen molar-refractivity contribution in [2.24, 2.45) is 5.73 Å². The molecule has 0 aromatic carbocycles. The fourth-order valence-corrected chi connectivity index (χ4v) is 2.04. The van der Waals surface area contributed by atoms with Gasteiger partial charge in [0.2, 0.25) is 5.91 Å². The first-order valence-electron chi connectivity index (χ1n) is 8.23. The highest BCUT2D eigenvalue weighted by molar-refractivity contribution is 5.77. The summed E-state index contributed by atoms with van der Waals surface area (Å²) in [6.07, 6.45) is 1.41. The molecule has 0 fully saturated rings. The fourth-order valence-electron chi connectivity index (χ4n) is 2.04. The molecule has 0 aliphatic heterocycles. The number of alkyl carbamates (subject to hydrolysis) is 1. The number of aliphatic carboxylic acids is 1. The van der Waals surface area contributed by atoms with Crippen molar-refractivity contribution in [3.8, 4) is 0 Å². The molecule has 5 N–H and O–H groups in total. The van der Waals surface area contributed by atoms with Crippen molar-refractivity contribution in [1.29, 1.82) is 0 Å². The molecular weight excluding hydrogens is 314 g/mol. The number of hydrogen-bond donors (Lipinski definition) is 4. The standard InChI is InChI=1S/C16H31N3O5/c1-11(17)9-13(20)19-12(10-14(21)22)7-5-6-8-18-15(23)24-16(2,3)4/h11-12H,5-10,17H2,1-4H3,(H,18,23)(H,19,20)(H,21,22)/t11-,12-/m0/s1. The number of nitrogens with two attached hydrogens (primary N) is 1. The molecule has 0 bridgehead atoms. The van der Waals surface area contributed by atoms with Crippen LogP contribution in [0, 0.1) is 0 Å². The van der Waals surface area contributed by atoms with Crippen LogP contribution in [0.2, 0.25) is 0 Å². The Bertz CT molecular complexity index is 418. The number of hydrogen-bond acceptors (Lipinski definition) is 5.